The number of anilines is 1. The van der Waals surface area contributed by atoms with Crippen LogP contribution in [-0.2, 0) is 7.05 Å². The number of aliphatic hydroxyl groups is 1. The molecule has 0 aliphatic rings. The van der Waals surface area contributed by atoms with E-state index in [4.69, 9.17) is 0 Å². The second-order valence-corrected chi connectivity index (χ2v) is 5.49. The molecule has 0 bridgehead atoms. The van der Waals surface area contributed by atoms with Gasteiger partial charge in [0.2, 0.25) is 0 Å². The molecule has 108 valence electrons. The maximum atomic E-state index is 12.1. The number of aliphatic hydroxyl groups excluding tert-OH is 1. The molecule has 1 aromatic heterocycles. The van der Waals surface area contributed by atoms with Crippen molar-refractivity contribution in [3.8, 4) is 0 Å². The summed E-state index contributed by atoms with van der Waals surface area (Å²) in [4.78, 5) is 12.1. The van der Waals surface area contributed by atoms with Crippen LogP contribution >= 0.6 is 0 Å². The molecule has 0 aliphatic heterocycles. The van der Waals surface area contributed by atoms with Crippen molar-refractivity contribution in [1.29, 1.82) is 0 Å². The third-order valence-corrected chi connectivity index (χ3v) is 4.03. The number of pyridine rings is 1. The van der Waals surface area contributed by atoms with Gasteiger partial charge in [-0.25, -0.2) is 0 Å². The van der Waals surface area contributed by atoms with Gasteiger partial charge in [0.05, 0.1) is 5.52 Å². The maximum absolute atomic E-state index is 12.1. The molecule has 2 rings (SSSR count). The molecule has 0 aliphatic carbocycles. The molecular weight excluding hydrogens is 252 g/mol. The summed E-state index contributed by atoms with van der Waals surface area (Å²) in [7, 11) is 1.78. The van der Waals surface area contributed by atoms with Crippen molar-refractivity contribution in [3.63, 3.8) is 0 Å². The molecule has 0 radical (unpaired) electrons. The van der Waals surface area contributed by atoms with Crippen LogP contribution in [0.3, 0.4) is 0 Å². The minimum atomic E-state index is -0.218. The van der Waals surface area contributed by atoms with Crippen LogP contribution in [-0.4, -0.2) is 21.8 Å². The number of para-hydroxylation sites is 1. The molecule has 2 aromatic rings. The Kier molecular flexibility index (Phi) is 4.14. The zero-order valence-corrected chi connectivity index (χ0v) is 12.3. The topological polar surface area (TPSA) is 54.3 Å². The van der Waals surface area contributed by atoms with Crippen LogP contribution in [0.5, 0.6) is 0 Å². The third kappa shape index (κ3) is 2.70. The highest BCUT2D eigenvalue weighted by molar-refractivity contribution is 5.91. The summed E-state index contributed by atoms with van der Waals surface area (Å²) in [6, 6.07) is 9.47. The van der Waals surface area contributed by atoms with Crippen molar-refractivity contribution in [2.45, 2.75) is 32.2 Å². The SMILES string of the molecule is CCC(C)(CCO)Nc1cc(=O)n(C)c2ccccc12. The lowest BCUT2D eigenvalue weighted by molar-refractivity contribution is 0.252. The summed E-state index contributed by atoms with van der Waals surface area (Å²) in [5, 5.41) is 13.7. The standard InChI is InChI=1S/C16H22N2O2/c1-4-16(2,9-10-19)17-13-11-15(20)18(3)14-8-6-5-7-12(13)14/h5-8,11,17,19H,4,9-10H2,1-3H3. The van der Waals surface area contributed by atoms with Gasteiger partial charge in [-0.05, 0) is 25.8 Å². The first kappa shape index (κ1) is 14.6. The Morgan fingerprint density at radius 2 is 2.05 bits per heavy atom. The van der Waals surface area contributed by atoms with E-state index in [0.717, 1.165) is 23.0 Å². The lowest BCUT2D eigenvalue weighted by atomic mass is 9.94. The number of nitrogens with one attached hydrogen (secondary N) is 1. The summed E-state index contributed by atoms with van der Waals surface area (Å²) in [5.41, 5.74) is 1.49. The fraction of sp³-hybridized carbons (Fsp3) is 0.438. The van der Waals surface area contributed by atoms with Gasteiger partial charge in [0.15, 0.2) is 0 Å². The zero-order chi connectivity index (χ0) is 14.8. The molecule has 1 atom stereocenters. The van der Waals surface area contributed by atoms with Crippen LogP contribution in [0.2, 0.25) is 0 Å². The van der Waals surface area contributed by atoms with E-state index >= 15 is 0 Å². The summed E-state index contributed by atoms with van der Waals surface area (Å²) >= 11 is 0. The van der Waals surface area contributed by atoms with Gasteiger partial charge >= 0.3 is 0 Å². The summed E-state index contributed by atoms with van der Waals surface area (Å²) in [6.07, 6.45) is 1.52. The summed E-state index contributed by atoms with van der Waals surface area (Å²) in [6.45, 7) is 4.27. The van der Waals surface area contributed by atoms with Crippen LogP contribution in [0.25, 0.3) is 10.9 Å². The zero-order valence-electron chi connectivity index (χ0n) is 12.3. The van der Waals surface area contributed by atoms with E-state index in [9.17, 15) is 9.90 Å². The van der Waals surface area contributed by atoms with E-state index in [1.807, 2.05) is 24.3 Å². The van der Waals surface area contributed by atoms with Crippen molar-refractivity contribution >= 4 is 16.6 Å². The number of hydrogen-bond donors (Lipinski definition) is 2. The molecule has 0 amide bonds. The number of aromatic nitrogens is 1. The molecule has 2 N–H and O–H groups in total. The van der Waals surface area contributed by atoms with Gasteiger partial charge in [0.1, 0.15) is 0 Å². The minimum absolute atomic E-state index is 0.0337. The Morgan fingerprint density at radius 3 is 2.70 bits per heavy atom. The molecule has 20 heavy (non-hydrogen) atoms. The number of hydrogen-bond acceptors (Lipinski definition) is 3. The van der Waals surface area contributed by atoms with E-state index in [2.05, 4.69) is 19.2 Å². The van der Waals surface area contributed by atoms with Gasteiger partial charge in [-0.2, -0.15) is 0 Å². The second kappa shape index (κ2) is 5.67. The summed E-state index contributed by atoms with van der Waals surface area (Å²) in [5.74, 6) is 0. The predicted octanol–water partition coefficient (Wildman–Crippen LogP) is 2.50. The van der Waals surface area contributed by atoms with E-state index in [1.54, 1.807) is 17.7 Å². The van der Waals surface area contributed by atoms with E-state index in [-0.39, 0.29) is 17.7 Å². The highest BCUT2D eigenvalue weighted by Gasteiger charge is 2.22. The van der Waals surface area contributed by atoms with Crippen LogP contribution in [0.15, 0.2) is 35.1 Å². The fourth-order valence-corrected chi connectivity index (χ4v) is 2.41. The van der Waals surface area contributed by atoms with Gasteiger partial charge in [-0.3, -0.25) is 4.79 Å². The molecule has 0 saturated heterocycles. The van der Waals surface area contributed by atoms with E-state index in [0.29, 0.717) is 6.42 Å². The number of nitrogens with zero attached hydrogens (tertiary/aromatic N) is 1. The van der Waals surface area contributed by atoms with Crippen molar-refractivity contribution in [2.24, 2.45) is 7.05 Å². The van der Waals surface area contributed by atoms with Crippen molar-refractivity contribution < 1.29 is 5.11 Å². The Bertz CT molecular complexity index is 663. The smallest absolute Gasteiger partial charge is 0.252 e. The Morgan fingerprint density at radius 1 is 1.35 bits per heavy atom. The molecule has 0 spiro atoms. The van der Waals surface area contributed by atoms with Crippen LogP contribution in [0.4, 0.5) is 5.69 Å². The lowest BCUT2D eigenvalue weighted by Crippen LogP contribution is -2.35. The van der Waals surface area contributed by atoms with Crippen molar-refractivity contribution in [2.75, 3.05) is 11.9 Å². The van der Waals surface area contributed by atoms with Crippen LogP contribution in [0.1, 0.15) is 26.7 Å². The molecule has 0 fully saturated rings. The number of benzene rings is 1. The van der Waals surface area contributed by atoms with E-state index < -0.39 is 0 Å². The van der Waals surface area contributed by atoms with Crippen LogP contribution in [0, 0.1) is 0 Å². The largest absolute Gasteiger partial charge is 0.396 e. The molecule has 4 nitrogen and oxygen atoms in total. The van der Waals surface area contributed by atoms with Crippen LogP contribution < -0.4 is 10.9 Å². The average molecular weight is 274 g/mol. The normalized spacial score (nSPS) is 14.2. The monoisotopic (exact) mass is 274 g/mol. The average Bonchev–Trinajstić information content (AvgIpc) is 2.45. The second-order valence-electron chi connectivity index (χ2n) is 5.49. The molecular formula is C16H22N2O2. The first-order valence-electron chi connectivity index (χ1n) is 6.98. The molecule has 4 heteroatoms. The highest BCUT2D eigenvalue weighted by Crippen LogP contribution is 2.27. The lowest BCUT2D eigenvalue weighted by Gasteiger charge is -2.31. The first-order chi connectivity index (χ1) is 9.50. The predicted molar refractivity (Wildman–Crippen MR) is 83.2 cm³/mol. The number of fused-ring (bicyclic) bond motifs is 1. The fourth-order valence-electron chi connectivity index (χ4n) is 2.41. The Balaban J connectivity index is 2.55. The Hall–Kier alpha value is -1.81. The molecule has 1 heterocycles. The molecule has 1 aromatic carbocycles. The van der Waals surface area contributed by atoms with Gasteiger partial charge in [0.25, 0.3) is 5.56 Å². The molecule has 0 saturated carbocycles. The highest BCUT2D eigenvalue weighted by atomic mass is 16.3. The quantitative estimate of drug-likeness (QED) is 0.881. The molecule has 1 unspecified atom stereocenters. The number of rotatable bonds is 5. The first-order valence-corrected chi connectivity index (χ1v) is 6.98. The van der Waals surface area contributed by atoms with E-state index in [1.165, 1.54) is 0 Å². The van der Waals surface area contributed by atoms with Gasteiger partial charge in [-0.15, -0.1) is 0 Å². The maximum Gasteiger partial charge on any atom is 0.252 e. The van der Waals surface area contributed by atoms with Gasteiger partial charge in [0, 0.05) is 36.3 Å². The third-order valence-electron chi connectivity index (χ3n) is 4.03. The van der Waals surface area contributed by atoms with Gasteiger partial charge < -0.3 is 15.0 Å². The number of aryl methyl sites for hydroxylation is 1. The van der Waals surface area contributed by atoms with Gasteiger partial charge in [-0.1, -0.05) is 25.1 Å². The summed E-state index contributed by atoms with van der Waals surface area (Å²) < 4.78 is 1.65. The minimum Gasteiger partial charge on any atom is -0.396 e. The Labute approximate surface area is 119 Å². The van der Waals surface area contributed by atoms with Crippen molar-refractivity contribution in [3.05, 3.63) is 40.7 Å². The van der Waals surface area contributed by atoms with Crippen molar-refractivity contribution in [1.82, 2.24) is 4.57 Å².